The Hall–Kier alpha value is -2.27. The van der Waals surface area contributed by atoms with Gasteiger partial charge in [-0.2, -0.15) is 18.4 Å². The summed E-state index contributed by atoms with van der Waals surface area (Å²) >= 11 is 0. The van der Waals surface area contributed by atoms with Gasteiger partial charge in [0.25, 0.3) is 0 Å². The third-order valence-electron chi connectivity index (χ3n) is 7.53. The summed E-state index contributed by atoms with van der Waals surface area (Å²) in [4.78, 5) is 16.6. The second-order valence-electron chi connectivity index (χ2n) is 9.38. The number of alkyl halides is 3. The van der Waals surface area contributed by atoms with Crippen LogP contribution in [0.25, 0.3) is 0 Å². The van der Waals surface area contributed by atoms with E-state index in [0.717, 1.165) is 18.9 Å². The minimum atomic E-state index is -4.61. The third-order valence-corrected chi connectivity index (χ3v) is 7.53. The van der Waals surface area contributed by atoms with Crippen LogP contribution >= 0.6 is 0 Å². The Morgan fingerprint density at radius 1 is 1.26 bits per heavy atom. The summed E-state index contributed by atoms with van der Waals surface area (Å²) in [5, 5.41) is 19.2. The minimum absolute atomic E-state index is 0.00348. The van der Waals surface area contributed by atoms with Gasteiger partial charge in [0, 0.05) is 49.6 Å². The summed E-state index contributed by atoms with van der Waals surface area (Å²) in [6, 6.07) is 5.40. The van der Waals surface area contributed by atoms with Crippen molar-refractivity contribution in [1.82, 2.24) is 4.90 Å². The number of carbonyl (C=O) groups is 1. The van der Waals surface area contributed by atoms with E-state index in [2.05, 4.69) is 0 Å². The zero-order chi connectivity index (χ0) is 22.2. The zero-order valence-electron chi connectivity index (χ0n) is 17.5. The Kier molecular flexibility index (Phi) is 5.91. The topological polar surface area (TPSA) is 67.6 Å². The molecule has 1 aliphatic carbocycles. The number of halogens is 3. The van der Waals surface area contributed by atoms with E-state index in [1.165, 1.54) is 18.9 Å². The van der Waals surface area contributed by atoms with Crippen molar-refractivity contribution in [3.8, 4) is 6.07 Å². The molecule has 2 aliphatic heterocycles. The van der Waals surface area contributed by atoms with Crippen molar-refractivity contribution in [1.29, 1.82) is 5.26 Å². The van der Waals surface area contributed by atoms with Crippen LogP contribution in [0.15, 0.2) is 18.2 Å². The molecule has 31 heavy (non-hydrogen) atoms. The molecule has 2 atom stereocenters. The molecule has 1 N–H and O–H groups in total. The molecule has 0 aromatic heterocycles. The first-order valence-electron chi connectivity index (χ1n) is 11.0. The fourth-order valence-corrected chi connectivity index (χ4v) is 5.62. The molecule has 2 unspecified atom stereocenters. The van der Waals surface area contributed by atoms with E-state index in [1.807, 2.05) is 9.80 Å². The van der Waals surface area contributed by atoms with E-state index < -0.39 is 22.7 Å². The van der Waals surface area contributed by atoms with Crippen LogP contribution in [0, 0.1) is 28.6 Å². The highest BCUT2D eigenvalue weighted by Crippen LogP contribution is 2.45. The minimum Gasteiger partial charge on any atom is -0.396 e. The lowest BCUT2D eigenvalue weighted by Crippen LogP contribution is -2.50. The van der Waals surface area contributed by atoms with E-state index in [4.69, 9.17) is 5.26 Å². The number of fused-ring (bicyclic) bond motifs is 1. The van der Waals surface area contributed by atoms with Crippen LogP contribution in [-0.4, -0.2) is 48.7 Å². The van der Waals surface area contributed by atoms with Gasteiger partial charge in [0.1, 0.15) is 0 Å². The molecule has 1 aromatic rings. The number of benzene rings is 1. The number of piperidine rings is 1. The number of amides is 1. The Balaban J connectivity index is 1.50. The molecule has 0 bridgehead atoms. The summed E-state index contributed by atoms with van der Waals surface area (Å²) in [5.74, 6) is 0.634. The molecule has 1 amide bonds. The Morgan fingerprint density at radius 2 is 2.00 bits per heavy atom. The number of anilines is 1. The lowest BCUT2D eigenvalue weighted by atomic mass is 9.73. The van der Waals surface area contributed by atoms with Gasteiger partial charge in [-0.1, -0.05) is 12.8 Å². The van der Waals surface area contributed by atoms with Crippen LogP contribution < -0.4 is 4.90 Å². The van der Waals surface area contributed by atoms with Crippen LogP contribution in [0.3, 0.4) is 0 Å². The second kappa shape index (κ2) is 8.34. The highest BCUT2D eigenvalue weighted by atomic mass is 19.4. The first-order chi connectivity index (χ1) is 14.8. The van der Waals surface area contributed by atoms with Gasteiger partial charge in [-0.15, -0.1) is 0 Å². The number of aliphatic hydroxyl groups is 1. The maximum Gasteiger partial charge on any atom is 0.417 e. The molecule has 1 aromatic carbocycles. The van der Waals surface area contributed by atoms with E-state index in [-0.39, 0.29) is 18.4 Å². The molecule has 5 nitrogen and oxygen atoms in total. The van der Waals surface area contributed by atoms with Gasteiger partial charge >= 0.3 is 6.18 Å². The molecule has 2 heterocycles. The van der Waals surface area contributed by atoms with Gasteiger partial charge < -0.3 is 14.9 Å². The number of rotatable bonds is 4. The van der Waals surface area contributed by atoms with Gasteiger partial charge in [0.2, 0.25) is 5.91 Å². The number of hydrogen-bond acceptors (Lipinski definition) is 4. The monoisotopic (exact) mass is 435 g/mol. The lowest BCUT2D eigenvalue weighted by Gasteiger charge is -2.42. The summed E-state index contributed by atoms with van der Waals surface area (Å²) in [6.07, 6.45) is 1.21. The van der Waals surface area contributed by atoms with Crippen molar-refractivity contribution >= 4 is 11.6 Å². The van der Waals surface area contributed by atoms with E-state index in [0.29, 0.717) is 50.6 Å². The smallest absolute Gasteiger partial charge is 0.396 e. The van der Waals surface area contributed by atoms with Gasteiger partial charge in [0.05, 0.1) is 23.8 Å². The largest absolute Gasteiger partial charge is 0.417 e. The Morgan fingerprint density at radius 3 is 2.65 bits per heavy atom. The number of carbonyl (C=O) groups excluding carboxylic acids is 1. The molecule has 3 fully saturated rings. The summed E-state index contributed by atoms with van der Waals surface area (Å²) in [5.41, 5.74) is -1.35. The molecule has 0 spiro atoms. The van der Waals surface area contributed by atoms with Crippen LogP contribution in [0.4, 0.5) is 18.9 Å². The number of hydrogen-bond donors (Lipinski definition) is 1. The molecule has 4 rings (SSSR count). The highest BCUT2D eigenvalue weighted by Gasteiger charge is 2.50. The predicted molar refractivity (Wildman–Crippen MR) is 109 cm³/mol. The normalized spacial score (nSPS) is 26.7. The first kappa shape index (κ1) is 21.9. The number of aliphatic hydroxyl groups excluding tert-OH is 1. The lowest BCUT2D eigenvalue weighted by molar-refractivity contribution is -0.138. The first-order valence-corrected chi connectivity index (χ1v) is 11.0. The van der Waals surface area contributed by atoms with Gasteiger partial charge in [-0.05, 0) is 43.4 Å². The van der Waals surface area contributed by atoms with Crippen LogP contribution in [-0.2, 0) is 11.0 Å². The fourth-order valence-electron chi connectivity index (χ4n) is 5.62. The average Bonchev–Trinajstić information content (AvgIpc) is 3.39. The molecule has 1 saturated carbocycles. The number of nitrogens with zero attached hydrogens (tertiary/aromatic N) is 3. The molecule has 8 heteroatoms. The van der Waals surface area contributed by atoms with E-state index in [1.54, 1.807) is 12.1 Å². The average molecular weight is 435 g/mol. The van der Waals surface area contributed by atoms with E-state index >= 15 is 0 Å². The van der Waals surface area contributed by atoms with Crippen molar-refractivity contribution in [2.45, 2.75) is 44.7 Å². The second-order valence-corrected chi connectivity index (χ2v) is 9.38. The third kappa shape index (κ3) is 4.25. The van der Waals surface area contributed by atoms with Crippen molar-refractivity contribution in [2.75, 3.05) is 37.7 Å². The summed E-state index contributed by atoms with van der Waals surface area (Å²) in [7, 11) is 0. The molecular formula is C23H28F3N3O2. The van der Waals surface area contributed by atoms with Crippen LogP contribution in [0.1, 0.15) is 49.7 Å². The Bertz CT molecular complexity index is 876. The van der Waals surface area contributed by atoms with Crippen molar-refractivity contribution in [2.24, 2.45) is 17.3 Å². The molecule has 2 saturated heterocycles. The van der Waals surface area contributed by atoms with Gasteiger partial charge in [-0.25, -0.2) is 0 Å². The zero-order valence-corrected chi connectivity index (χ0v) is 17.5. The molecule has 0 radical (unpaired) electrons. The molecule has 3 aliphatic rings. The van der Waals surface area contributed by atoms with Gasteiger partial charge in [-0.3, -0.25) is 4.79 Å². The van der Waals surface area contributed by atoms with Crippen molar-refractivity contribution in [3.05, 3.63) is 29.3 Å². The van der Waals surface area contributed by atoms with Crippen LogP contribution in [0.5, 0.6) is 0 Å². The van der Waals surface area contributed by atoms with Crippen molar-refractivity contribution in [3.63, 3.8) is 0 Å². The molecule has 168 valence electrons. The van der Waals surface area contributed by atoms with E-state index in [9.17, 15) is 23.1 Å². The summed E-state index contributed by atoms with van der Waals surface area (Å²) in [6.45, 7) is 1.99. The van der Waals surface area contributed by atoms with Gasteiger partial charge in [0.15, 0.2) is 0 Å². The predicted octanol–water partition coefficient (Wildman–Crippen LogP) is 3.80. The maximum atomic E-state index is 13.4. The summed E-state index contributed by atoms with van der Waals surface area (Å²) < 4.78 is 40.2. The Labute approximate surface area is 180 Å². The number of nitriles is 1. The van der Waals surface area contributed by atoms with Crippen molar-refractivity contribution < 1.29 is 23.1 Å². The highest BCUT2D eigenvalue weighted by molar-refractivity contribution is 5.76. The SMILES string of the molecule is N#Cc1ccc(N2CC3CN(C(=O)CC4CCCC4)CCC3(CO)C2)cc1C(F)(F)F. The number of likely N-dealkylation sites (tertiary alicyclic amines) is 1. The fraction of sp³-hybridized carbons (Fsp3) is 0.652. The van der Waals surface area contributed by atoms with Crippen LogP contribution in [0.2, 0.25) is 0 Å². The standard InChI is InChI=1S/C23H28F3N3O2/c24-23(25,26)20-10-19(6-5-17(20)11-27)29-13-18-12-28(8-7-22(18,14-29)15-30)21(31)9-16-3-1-2-4-16/h5-6,10,16,18,30H,1-4,7-9,12-15H2. The quantitative estimate of drug-likeness (QED) is 0.781. The molecular weight excluding hydrogens is 407 g/mol. The maximum absolute atomic E-state index is 13.4.